The van der Waals surface area contributed by atoms with Crippen molar-refractivity contribution in [2.24, 2.45) is 0 Å². The van der Waals surface area contributed by atoms with E-state index >= 15 is 0 Å². The maximum absolute atomic E-state index is 14.2. The zero-order valence-electron chi connectivity index (χ0n) is 13.8. The second kappa shape index (κ2) is 8.13. The van der Waals surface area contributed by atoms with Gasteiger partial charge in [-0.3, -0.25) is 0 Å². The fourth-order valence-corrected chi connectivity index (χ4v) is 2.57. The highest BCUT2D eigenvalue weighted by Crippen LogP contribution is 2.29. The summed E-state index contributed by atoms with van der Waals surface area (Å²) in [5.74, 6) is -2.96. The molecule has 2 aromatic rings. The molecule has 0 radical (unpaired) electrons. The molecule has 0 bridgehead atoms. The quantitative estimate of drug-likeness (QED) is 0.507. The number of allylic oxidation sites excluding steroid dienone is 1. The summed E-state index contributed by atoms with van der Waals surface area (Å²) in [4.78, 5) is 0. The Kier molecular flexibility index (Phi) is 6.18. The van der Waals surface area contributed by atoms with Crippen molar-refractivity contribution in [1.82, 2.24) is 0 Å². The molecule has 0 aliphatic heterocycles. The SMILES string of the molecule is CCCC(F)=Cc1ccc(-c2ccc(CCC)c(F)c2F)cc1F. The predicted molar refractivity (Wildman–Crippen MR) is 89.7 cm³/mol. The molecular formula is C20H20F4. The Bertz CT molecular complexity index is 748. The van der Waals surface area contributed by atoms with E-state index in [1.165, 1.54) is 24.3 Å². The molecule has 4 heteroatoms. The van der Waals surface area contributed by atoms with Crippen molar-refractivity contribution in [2.75, 3.05) is 0 Å². The minimum atomic E-state index is -0.985. The van der Waals surface area contributed by atoms with E-state index in [-0.39, 0.29) is 23.1 Å². The highest BCUT2D eigenvalue weighted by Gasteiger charge is 2.15. The van der Waals surface area contributed by atoms with E-state index in [1.807, 2.05) is 13.8 Å². The first-order valence-corrected chi connectivity index (χ1v) is 8.10. The number of benzene rings is 2. The molecule has 0 amide bonds. The minimum Gasteiger partial charge on any atom is -0.212 e. The molecule has 0 aliphatic carbocycles. The smallest absolute Gasteiger partial charge is 0.166 e. The average Bonchev–Trinajstić information content (AvgIpc) is 2.54. The van der Waals surface area contributed by atoms with Crippen LogP contribution in [-0.2, 0) is 6.42 Å². The van der Waals surface area contributed by atoms with E-state index in [9.17, 15) is 17.6 Å². The Hall–Kier alpha value is -2.10. The lowest BCUT2D eigenvalue weighted by Gasteiger charge is -2.09. The number of hydrogen-bond acceptors (Lipinski definition) is 0. The van der Waals surface area contributed by atoms with Crippen LogP contribution in [0.25, 0.3) is 17.2 Å². The van der Waals surface area contributed by atoms with Gasteiger partial charge < -0.3 is 0 Å². The van der Waals surface area contributed by atoms with E-state index in [4.69, 9.17) is 0 Å². The van der Waals surface area contributed by atoms with Gasteiger partial charge in [0.25, 0.3) is 0 Å². The summed E-state index contributed by atoms with van der Waals surface area (Å²) in [7, 11) is 0. The summed E-state index contributed by atoms with van der Waals surface area (Å²) >= 11 is 0. The molecule has 0 unspecified atom stereocenters. The van der Waals surface area contributed by atoms with Crippen LogP contribution in [0, 0.1) is 17.5 Å². The molecule has 0 fully saturated rings. The van der Waals surface area contributed by atoms with Gasteiger partial charge in [0.15, 0.2) is 11.6 Å². The van der Waals surface area contributed by atoms with Gasteiger partial charge in [0.2, 0.25) is 0 Å². The molecule has 0 aliphatic rings. The zero-order valence-corrected chi connectivity index (χ0v) is 13.8. The van der Waals surface area contributed by atoms with Gasteiger partial charge in [-0.15, -0.1) is 0 Å². The van der Waals surface area contributed by atoms with E-state index in [0.717, 1.165) is 12.1 Å². The van der Waals surface area contributed by atoms with Crippen molar-refractivity contribution in [3.05, 3.63) is 64.7 Å². The van der Waals surface area contributed by atoms with E-state index < -0.39 is 23.3 Å². The fraction of sp³-hybridized carbons (Fsp3) is 0.300. The lowest BCUT2D eigenvalue weighted by atomic mass is 9.99. The largest absolute Gasteiger partial charge is 0.212 e. The average molecular weight is 336 g/mol. The lowest BCUT2D eigenvalue weighted by molar-refractivity contribution is 0.500. The highest BCUT2D eigenvalue weighted by atomic mass is 19.2. The highest BCUT2D eigenvalue weighted by molar-refractivity contribution is 5.67. The molecule has 2 rings (SSSR count). The maximum atomic E-state index is 14.2. The third-order valence-electron chi connectivity index (χ3n) is 3.79. The van der Waals surface area contributed by atoms with Gasteiger partial charge in [0.1, 0.15) is 11.6 Å². The van der Waals surface area contributed by atoms with Gasteiger partial charge in [0.05, 0.1) is 0 Å². The molecule has 24 heavy (non-hydrogen) atoms. The minimum absolute atomic E-state index is 0.00388. The van der Waals surface area contributed by atoms with Gasteiger partial charge in [-0.2, -0.15) is 0 Å². The normalized spacial score (nSPS) is 11.8. The first-order chi connectivity index (χ1) is 11.5. The Morgan fingerprint density at radius 3 is 2.33 bits per heavy atom. The summed E-state index contributed by atoms with van der Waals surface area (Å²) in [6.07, 6.45) is 3.13. The summed E-state index contributed by atoms with van der Waals surface area (Å²) in [6.45, 7) is 3.71. The number of aryl methyl sites for hydroxylation is 1. The molecule has 0 saturated carbocycles. The topological polar surface area (TPSA) is 0 Å². The number of rotatable bonds is 6. The third kappa shape index (κ3) is 4.05. The van der Waals surface area contributed by atoms with Crippen LogP contribution >= 0.6 is 0 Å². The van der Waals surface area contributed by atoms with Crippen molar-refractivity contribution >= 4 is 6.08 Å². The van der Waals surface area contributed by atoms with Gasteiger partial charge in [-0.05, 0) is 42.5 Å². The van der Waals surface area contributed by atoms with Crippen LogP contribution in [0.4, 0.5) is 17.6 Å². The zero-order chi connectivity index (χ0) is 17.7. The lowest BCUT2D eigenvalue weighted by Crippen LogP contribution is -1.97. The maximum Gasteiger partial charge on any atom is 0.166 e. The molecule has 0 saturated heterocycles. The first kappa shape index (κ1) is 18.2. The van der Waals surface area contributed by atoms with Crippen molar-refractivity contribution < 1.29 is 17.6 Å². The number of hydrogen-bond donors (Lipinski definition) is 0. The summed E-state index contributed by atoms with van der Waals surface area (Å²) in [5.41, 5.74) is 0.615. The monoisotopic (exact) mass is 336 g/mol. The summed E-state index contributed by atoms with van der Waals surface area (Å²) in [5, 5.41) is 0. The van der Waals surface area contributed by atoms with Crippen LogP contribution in [0.2, 0.25) is 0 Å². The Morgan fingerprint density at radius 2 is 1.71 bits per heavy atom. The van der Waals surface area contributed by atoms with Crippen LogP contribution in [0.15, 0.2) is 36.2 Å². The molecular weight excluding hydrogens is 316 g/mol. The van der Waals surface area contributed by atoms with Crippen molar-refractivity contribution in [1.29, 1.82) is 0 Å². The van der Waals surface area contributed by atoms with Crippen LogP contribution in [0.5, 0.6) is 0 Å². The summed E-state index contributed by atoms with van der Waals surface area (Å²) in [6, 6.07) is 6.90. The fourth-order valence-electron chi connectivity index (χ4n) is 2.57. The van der Waals surface area contributed by atoms with Crippen molar-refractivity contribution in [2.45, 2.75) is 39.5 Å². The summed E-state index contributed by atoms with van der Waals surface area (Å²) < 4.78 is 55.9. The molecule has 0 atom stereocenters. The molecule has 0 spiro atoms. The van der Waals surface area contributed by atoms with Crippen molar-refractivity contribution in [3.63, 3.8) is 0 Å². The second-order valence-electron chi connectivity index (χ2n) is 5.73. The molecule has 0 aromatic heterocycles. The Balaban J connectivity index is 2.39. The Labute approximate surface area is 139 Å². The van der Waals surface area contributed by atoms with E-state index in [2.05, 4.69) is 0 Å². The molecule has 0 heterocycles. The molecule has 128 valence electrons. The first-order valence-electron chi connectivity index (χ1n) is 8.10. The van der Waals surface area contributed by atoms with Gasteiger partial charge >= 0.3 is 0 Å². The van der Waals surface area contributed by atoms with E-state index in [0.29, 0.717) is 24.8 Å². The molecule has 0 nitrogen and oxygen atoms in total. The van der Waals surface area contributed by atoms with Crippen LogP contribution in [0.1, 0.15) is 44.2 Å². The van der Waals surface area contributed by atoms with Gasteiger partial charge in [-0.25, -0.2) is 17.6 Å². The second-order valence-corrected chi connectivity index (χ2v) is 5.73. The van der Waals surface area contributed by atoms with Gasteiger partial charge in [-0.1, -0.05) is 44.5 Å². The van der Waals surface area contributed by atoms with Gasteiger partial charge in [0, 0.05) is 11.1 Å². The molecule has 2 aromatic carbocycles. The number of halogens is 4. The standard InChI is InChI=1S/C20H20F4/c1-3-5-13-9-10-17(20(24)19(13)23)14-7-8-15(18(22)12-14)11-16(21)6-4-2/h7-12H,3-6H2,1-2H3. The van der Waals surface area contributed by atoms with Crippen LogP contribution < -0.4 is 0 Å². The van der Waals surface area contributed by atoms with Crippen LogP contribution in [0.3, 0.4) is 0 Å². The molecule has 0 N–H and O–H groups in total. The third-order valence-corrected chi connectivity index (χ3v) is 3.79. The Morgan fingerprint density at radius 1 is 0.958 bits per heavy atom. The van der Waals surface area contributed by atoms with Crippen LogP contribution in [-0.4, -0.2) is 0 Å². The van der Waals surface area contributed by atoms with E-state index in [1.54, 1.807) is 0 Å². The predicted octanol–water partition coefficient (Wildman–Crippen LogP) is 6.83. The van der Waals surface area contributed by atoms with Crippen molar-refractivity contribution in [3.8, 4) is 11.1 Å².